The maximum absolute atomic E-state index is 15.1. The van der Waals surface area contributed by atoms with Crippen molar-refractivity contribution in [3.63, 3.8) is 0 Å². The lowest BCUT2D eigenvalue weighted by Gasteiger charge is -2.32. The van der Waals surface area contributed by atoms with Gasteiger partial charge in [0, 0.05) is 25.9 Å². The van der Waals surface area contributed by atoms with Gasteiger partial charge in [0.1, 0.15) is 60.4 Å². The number of halogens is 6. The summed E-state index contributed by atoms with van der Waals surface area (Å²) in [6, 6.07) is 8.15. The van der Waals surface area contributed by atoms with Crippen molar-refractivity contribution >= 4 is 59.1 Å². The van der Waals surface area contributed by atoms with Crippen LogP contribution in [-0.4, -0.2) is 143 Å². The molecule has 10 amide bonds. The van der Waals surface area contributed by atoms with Gasteiger partial charge in [-0.1, -0.05) is 113 Å². The summed E-state index contributed by atoms with van der Waals surface area (Å²) in [5.74, 6) is -10.7. The highest BCUT2D eigenvalue weighted by atomic mass is 19.4. The molecule has 0 radical (unpaired) electrons. The number of carbonyl (C=O) groups is 10. The van der Waals surface area contributed by atoms with Crippen molar-refractivity contribution in [2.75, 3.05) is 26.2 Å². The van der Waals surface area contributed by atoms with E-state index in [2.05, 4.69) is 42.5 Å². The number of nitrogens with one attached hydrogen (secondary N) is 8. The monoisotopic (exact) mass is 1320 g/mol. The lowest BCUT2D eigenvalue weighted by molar-refractivity contribution is -0.143. The van der Waals surface area contributed by atoms with Crippen LogP contribution in [0.25, 0.3) is 0 Å². The molecule has 0 spiro atoms. The van der Waals surface area contributed by atoms with Crippen LogP contribution in [0, 0.1) is 11.8 Å². The van der Waals surface area contributed by atoms with Gasteiger partial charge >= 0.3 is 12.4 Å². The molecule has 0 bridgehead atoms. The Labute approximate surface area is 540 Å². The average Bonchev–Trinajstić information content (AvgIpc) is 1.50. The second-order valence-corrected chi connectivity index (χ2v) is 24.4. The number of hydrogen-bond acceptors (Lipinski definition) is 12. The van der Waals surface area contributed by atoms with E-state index in [1.165, 1.54) is 9.80 Å². The van der Waals surface area contributed by atoms with E-state index in [0.717, 1.165) is 24.3 Å². The van der Waals surface area contributed by atoms with E-state index >= 15 is 9.59 Å². The van der Waals surface area contributed by atoms with Gasteiger partial charge in [0.2, 0.25) is 59.1 Å². The maximum atomic E-state index is 15.1. The Morgan fingerprint density at radius 3 is 1.05 bits per heavy atom. The molecule has 4 aromatic rings. The van der Waals surface area contributed by atoms with Crippen LogP contribution in [0.2, 0.25) is 0 Å². The molecule has 12 N–H and O–H groups in total. The van der Waals surface area contributed by atoms with Crippen molar-refractivity contribution in [1.29, 1.82) is 0 Å². The fraction of sp³-hybridized carbons (Fsp3) is 0.485. The lowest BCUT2D eigenvalue weighted by Crippen LogP contribution is -2.61. The molecule has 0 aliphatic carbocycles. The number of nitrogens with two attached hydrogens (primary N) is 2. The quantitative estimate of drug-likeness (QED) is 0.0804. The van der Waals surface area contributed by atoms with Crippen LogP contribution in [-0.2, 0) is 73.1 Å². The van der Waals surface area contributed by atoms with Crippen LogP contribution < -0.4 is 54.0 Å². The molecule has 0 saturated carbocycles. The van der Waals surface area contributed by atoms with Crippen molar-refractivity contribution in [1.82, 2.24) is 52.3 Å². The Balaban J connectivity index is 1.33. The zero-order chi connectivity index (χ0) is 68.6. The Kier molecular flexibility index (Phi) is 25.3. The van der Waals surface area contributed by atoms with E-state index in [1.807, 2.05) is 0 Å². The normalized spacial score (nSPS) is 24.9. The highest BCUT2D eigenvalue weighted by Gasteiger charge is 2.44. The number of alkyl halides is 6. The maximum Gasteiger partial charge on any atom is 0.416 e. The minimum atomic E-state index is -4.82. The second-order valence-electron chi connectivity index (χ2n) is 24.4. The summed E-state index contributed by atoms with van der Waals surface area (Å²) in [4.78, 5) is 150. The van der Waals surface area contributed by atoms with Crippen molar-refractivity contribution in [3.05, 3.63) is 143 Å². The largest absolute Gasteiger partial charge is 0.416 e. The molecule has 3 aliphatic rings. The fourth-order valence-electron chi connectivity index (χ4n) is 11.7. The molecular weight excluding hydrogens is 1230 g/mol. The Morgan fingerprint density at radius 1 is 0.415 bits per heavy atom. The van der Waals surface area contributed by atoms with Gasteiger partial charge in [-0.3, -0.25) is 47.9 Å². The third-order valence-electron chi connectivity index (χ3n) is 16.9. The van der Waals surface area contributed by atoms with Gasteiger partial charge in [-0.15, -0.1) is 0 Å². The zero-order valence-electron chi connectivity index (χ0n) is 52.6. The van der Waals surface area contributed by atoms with E-state index in [0.29, 0.717) is 35.4 Å². The Bertz CT molecular complexity index is 3090. The highest BCUT2D eigenvalue weighted by molar-refractivity contribution is 6.00. The average molecular weight is 1320 g/mol. The number of amides is 10. The van der Waals surface area contributed by atoms with Crippen LogP contribution in [0.3, 0.4) is 0 Å². The fourth-order valence-corrected chi connectivity index (χ4v) is 11.7. The molecule has 10 atom stereocenters. The molecule has 3 saturated heterocycles. The molecule has 3 aliphatic heterocycles. The summed E-state index contributed by atoms with van der Waals surface area (Å²) in [6.07, 6.45) is -9.58. The first-order valence-corrected chi connectivity index (χ1v) is 31.5. The number of hydrogen-bond donors (Lipinski definition) is 10. The molecule has 22 nitrogen and oxygen atoms in total. The van der Waals surface area contributed by atoms with E-state index < -0.39 is 155 Å². The first-order valence-electron chi connectivity index (χ1n) is 31.5. The van der Waals surface area contributed by atoms with Gasteiger partial charge in [0.05, 0.1) is 11.1 Å². The summed E-state index contributed by atoms with van der Waals surface area (Å²) in [6.45, 7) is 6.27. The predicted molar refractivity (Wildman–Crippen MR) is 332 cm³/mol. The molecule has 3 heterocycles. The number of nitrogens with zero attached hydrogens (tertiary/aromatic N) is 2. The summed E-state index contributed by atoms with van der Waals surface area (Å²) in [5, 5.41) is 21.2. The van der Waals surface area contributed by atoms with Crippen LogP contribution in [0.4, 0.5) is 26.3 Å². The Morgan fingerprint density at radius 2 is 0.745 bits per heavy atom. The number of benzene rings is 4. The molecule has 4 aromatic carbocycles. The van der Waals surface area contributed by atoms with Crippen LogP contribution in [0.5, 0.6) is 0 Å². The predicted octanol–water partition coefficient (Wildman–Crippen LogP) is 3.92. The van der Waals surface area contributed by atoms with Crippen LogP contribution >= 0.6 is 0 Å². The molecule has 3 fully saturated rings. The topological polar surface area (TPSA) is 325 Å². The molecule has 508 valence electrons. The molecule has 0 unspecified atom stereocenters. The first-order chi connectivity index (χ1) is 44.6. The molecule has 28 heteroatoms. The van der Waals surface area contributed by atoms with E-state index in [-0.39, 0.29) is 102 Å². The van der Waals surface area contributed by atoms with Gasteiger partial charge in [-0.2, -0.15) is 26.3 Å². The van der Waals surface area contributed by atoms with Gasteiger partial charge < -0.3 is 63.8 Å². The van der Waals surface area contributed by atoms with Crippen LogP contribution in [0.1, 0.15) is 125 Å². The highest BCUT2D eigenvalue weighted by Crippen LogP contribution is 2.32. The van der Waals surface area contributed by atoms with Crippen molar-refractivity contribution in [2.24, 2.45) is 23.3 Å². The van der Waals surface area contributed by atoms with Crippen molar-refractivity contribution < 1.29 is 74.3 Å². The standard InChI is InChI=1S/C66H82F6N12O10/c1-37(2)51-59(89)75-45(19-11-31-73)55(85)81-53(41-23-27-43(28-24-41)65(67,68)69)61(91)78-48(36-40-17-9-6-10-18-40)64(94)84-34-14-22-50(84)58(88)80-52(38(3)4)60(90)76-46(20-12-32-74)56(86)82-54(42-25-29-44(30-26-42)66(70,71)72)62(92)77-47(35-39-15-7-5-8-16-39)63(93)83-33-13-21-49(83)57(87)79-51/h5-10,15-18,23-30,37-38,45-54H,11-14,19-22,31-36,73-74H2,1-4H3,(H,75,89)(H,76,90)(H,77,92)(H,78,91)(H,79,87)(H,80,88)(H,81,85)(H,82,86)/t45-,46-,47+,48+,49-,50-,51-,52-,53-,54-/m0/s1. The van der Waals surface area contributed by atoms with Gasteiger partial charge in [0.25, 0.3) is 0 Å². The molecular formula is C66H82F6N12O10. The van der Waals surface area contributed by atoms with Gasteiger partial charge in [0.15, 0.2) is 0 Å². The lowest BCUT2D eigenvalue weighted by atomic mass is 9.99. The molecule has 94 heavy (non-hydrogen) atoms. The third-order valence-corrected chi connectivity index (χ3v) is 16.9. The van der Waals surface area contributed by atoms with Crippen molar-refractivity contribution in [2.45, 2.75) is 165 Å². The zero-order valence-corrected chi connectivity index (χ0v) is 52.6. The number of rotatable bonds is 14. The molecule has 7 rings (SSSR count). The summed E-state index contributed by atoms with van der Waals surface area (Å²) in [5.41, 5.74) is 10.3. The van der Waals surface area contributed by atoms with Gasteiger partial charge in [-0.05, 0) is 123 Å². The second kappa shape index (κ2) is 32.8. The van der Waals surface area contributed by atoms with E-state index in [1.54, 1.807) is 88.4 Å². The third kappa shape index (κ3) is 19.1. The number of carbonyl (C=O) groups excluding carboxylic acids is 10. The first kappa shape index (κ1) is 72.5. The smallest absolute Gasteiger partial charge is 0.343 e. The summed E-state index contributed by atoms with van der Waals surface area (Å²) in [7, 11) is 0. The minimum Gasteiger partial charge on any atom is -0.343 e. The van der Waals surface area contributed by atoms with E-state index in [4.69, 9.17) is 11.5 Å². The Hall–Kier alpha value is -8.92. The summed E-state index contributed by atoms with van der Waals surface area (Å²) < 4.78 is 84.0. The van der Waals surface area contributed by atoms with Crippen LogP contribution in [0.15, 0.2) is 109 Å². The number of fused-ring (bicyclic) bond motifs is 2. The summed E-state index contributed by atoms with van der Waals surface area (Å²) >= 11 is 0. The molecule has 0 aromatic heterocycles. The van der Waals surface area contributed by atoms with E-state index in [9.17, 15) is 64.7 Å². The minimum absolute atomic E-state index is 0.00571. The van der Waals surface area contributed by atoms with Gasteiger partial charge in [-0.25, -0.2) is 0 Å². The SMILES string of the molecule is CC(C)[C@@H]1NC(=O)[C@@H]2CCCN2C(=O)[C@@H](Cc2ccccc2)NC(=O)[C@H](c2ccc(C(F)(F)F)cc2)NC(=O)[C@H](CCCN)NC(=O)[C@H](C(C)C)NC(=O)[C@@H]2CCCN2C(=O)[C@@H](Cc2ccccc2)NC(=O)[C@H](c2ccc(C(F)(F)F)cc2)NC(=O)[C@H](CCCN)NC1=O. The van der Waals surface area contributed by atoms with Crippen molar-refractivity contribution in [3.8, 4) is 0 Å².